The molecule has 3 aromatic rings. The van der Waals surface area contributed by atoms with Gasteiger partial charge in [0.25, 0.3) is 17.5 Å². The van der Waals surface area contributed by atoms with Gasteiger partial charge in [-0.15, -0.1) is 0 Å². The number of nitrogens with zero attached hydrogens (tertiary/aromatic N) is 2. The van der Waals surface area contributed by atoms with Crippen molar-refractivity contribution in [3.63, 3.8) is 0 Å². The summed E-state index contributed by atoms with van der Waals surface area (Å²) in [6.45, 7) is -0.176. The van der Waals surface area contributed by atoms with Gasteiger partial charge in [-0.3, -0.25) is 19.7 Å². The highest BCUT2D eigenvalue weighted by molar-refractivity contribution is 5.98. The number of nitrogens with one attached hydrogen (secondary N) is 2. The van der Waals surface area contributed by atoms with Crippen LogP contribution in [0.4, 0.5) is 5.69 Å². The van der Waals surface area contributed by atoms with Crippen molar-refractivity contribution in [2.24, 2.45) is 5.10 Å². The van der Waals surface area contributed by atoms with Crippen LogP contribution >= 0.6 is 0 Å². The van der Waals surface area contributed by atoms with Gasteiger partial charge in [0.1, 0.15) is 12.4 Å². The molecule has 0 saturated carbocycles. The summed E-state index contributed by atoms with van der Waals surface area (Å²) in [5, 5.41) is 17.8. The lowest BCUT2D eigenvalue weighted by atomic mass is 10.1. The fraction of sp³-hybridized carbons (Fsp3) is 0.160. The summed E-state index contributed by atoms with van der Waals surface area (Å²) in [7, 11) is 2.84. The molecule has 2 N–H and O–H groups in total. The van der Waals surface area contributed by atoms with E-state index in [1.165, 1.54) is 26.4 Å². The van der Waals surface area contributed by atoms with Gasteiger partial charge in [-0.05, 0) is 23.8 Å². The molecular weight excluding hydrogens is 468 g/mol. The number of hydrogen-bond donors (Lipinski definition) is 2. The Labute approximate surface area is 206 Å². The van der Waals surface area contributed by atoms with Crippen LogP contribution in [0.3, 0.4) is 0 Å². The average Bonchev–Trinajstić information content (AvgIpc) is 2.90. The monoisotopic (exact) mass is 492 g/mol. The molecule has 0 aliphatic carbocycles. The van der Waals surface area contributed by atoms with Crippen LogP contribution in [0.5, 0.6) is 17.2 Å². The minimum Gasteiger partial charge on any atom is -0.496 e. The highest BCUT2D eigenvalue weighted by Gasteiger charge is 2.19. The SMILES string of the molecule is COc1cc(C=NNC(=O)CNC(=O)c2ccccc2OC)c([N+](=O)[O-])cc1OCc1ccccc1. The summed E-state index contributed by atoms with van der Waals surface area (Å²) in [4.78, 5) is 35.4. The van der Waals surface area contributed by atoms with E-state index in [0.717, 1.165) is 11.8 Å². The number of carbonyl (C=O) groups excluding carboxylic acids is 2. The zero-order valence-corrected chi connectivity index (χ0v) is 19.6. The van der Waals surface area contributed by atoms with Gasteiger partial charge in [-0.25, -0.2) is 5.43 Å². The number of hydrogen-bond acceptors (Lipinski definition) is 8. The Kier molecular flexibility index (Phi) is 8.93. The molecule has 0 spiro atoms. The first-order valence-corrected chi connectivity index (χ1v) is 10.7. The van der Waals surface area contributed by atoms with Crippen LogP contribution in [0.1, 0.15) is 21.5 Å². The maximum absolute atomic E-state index is 12.3. The molecule has 0 saturated heterocycles. The molecule has 0 aromatic heterocycles. The molecule has 0 fully saturated rings. The van der Waals surface area contributed by atoms with Crippen molar-refractivity contribution < 1.29 is 28.7 Å². The molecule has 0 aliphatic heterocycles. The average molecular weight is 492 g/mol. The van der Waals surface area contributed by atoms with Crippen LogP contribution < -0.4 is 25.0 Å². The second-order valence-corrected chi connectivity index (χ2v) is 7.27. The van der Waals surface area contributed by atoms with Crippen LogP contribution in [0, 0.1) is 10.1 Å². The second kappa shape index (κ2) is 12.5. The number of hydrazone groups is 1. The molecule has 2 amide bonds. The zero-order valence-electron chi connectivity index (χ0n) is 19.6. The molecule has 0 bridgehead atoms. The minimum atomic E-state index is -0.632. The van der Waals surface area contributed by atoms with Crippen LogP contribution in [0.2, 0.25) is 0 Å². The Bertz CT molecular complexity index is 1260. The largest absolute Gasteiger partial charge is 0.496 e. The van der Waals surface area contributed by atoms with Crippen molar-refractivity contribution in [1.29, 1.82) is 0 Å². The third-order valence-electron chi connectivity index (χ3n) is 4.90. The predicted octanol–water partition coefficient (Wildman–Crippen LogP) is 3.07. The third kappa shape index (κ3) is 6.79. The zero-order chi connectivity index (χ0) is 25.9. The van der Waals surface area contributed by atoms with Gasteiger partial charge in [-0.2, -0.15) is 5.10 Å². The number of ether oxygens (including phenoxy) is 3. The van der Waals surface area contributed by atoms with Crippen molar-refractivity contribution in [1.82, 2.24) is 10.7 Å². The number of nitro groups is 1. The van der Waals surface area contributed by atoms with Gasteiger partial charge in [0, 0.05) is 0 Å². The first kappa shape index (κ1) is 25.7. The Morgan fingerprint density at radius 1 is 0.972 bits per heavy atom. The van der Waals surface area contributed by atoms with E-state index in [0.29, 0.717) is 5.75 Å². The molecule has 0 unspecified atom stereocenters. The molecular formula is C25H24N4O7. The summed E-state index contributed by atoms with van der Waals surface area (Å²) < 4.78 is 16.1. The van der Waals surface area contributed by atoms with Crippen LogP contribution in [-0.2, 0) is 11.4 Å². The Hall–Kier alpha value is -4.93. The van der Waals surface area contributed by atoms with Gasteiger partial charge < -0.3 is 19.5 Å². The molecule has 0 heterocycles. The molecule has 0 atom stereocenters. The van der Waals surface area contributed by atoms with Gasteiger partial charge in [0.2, 0.25) is 0 Å². The van der Waals surface area contributed by atoms with Crippen molar-refractivity contribution in [2.45, 2.75) is 6.61 Å². The first-order valence-electron chi connectivity index (χ1n) is 10.7. The maximum Gasteiger partial charge on any atom is 0.282 e. The molecule has 3 rings (SSSR count). The van der Waals surface area contributed by atoms with E-state index in [-0.39, 0.29) is 41.5 Å². The van der Waals surface area contributed by atoms with Crippen molar-refractivity contribution in [3.8, 4) is 17.2 Å². The number of nitro benzene ring substituents is 1. The maximum atomic E-state index is 12.3. The number of benzene rings is 3. The lowest BCUT2D eigenvalue weighted by Crippen LogP contribution is -2.35. The number of para-hydroxylation sites is 1. The Balaban J connectivity index is 1.65. The molecule has 0 radical (unpaired) electrons. The molecule has 0 aliphatic rings. The number of rotatable bonds is 11. The molecule has 36 heavy (non-hydrogen) atoms. The summed E-state index contributed by atoms with van der Waals surface area (Å²) in [5.74, 6) is -0.322. The topological polar surface area (TPSA) is 141 Å². The van der Waals surface area contributed by atoms with E-state index in [4.69, 9.17) is 14.2 Å². The Morgan fingerprint density at radius 3 is 2.36 bits per heavy atom. The van der Waals surface area contributed by atoms with E-state index in [1.54, 1.807) is 24.3 Å². The normalized spacial score (nSPS) is 10.5. The first-order chi connectivity index (χ1) is 17.4. The van der Waals surface area contributed by atoms with Gasteiger partial charge in [0.05, 0.1) is 49.1 Å². The van der Waals surface area contributed by atoms with Crippen molar-refractivity contribution in [3.05, 3.63) is 93.5 Å². The van der Waals surface area contributed by atoms with Gasteiger partial charge in [-0.1, -0.05) is 42.5 Å². The van der Waals surface area contributed by atoms with Crippen molar-refractivity contribution >= 4 is 23.7 Å². The highest BCUT2D eigenvalue weighted by Crippen LogP contribution is 2.34. The number of amides is 2. The second-order valence-electron chi connectivity index (χ2n) is 7.27. The van der Waals surface area contributed by atoms with E-state index < -0.39 is 16.7 Å². The van der Waals surface area contributed by atoms with E-state index >= 15 is 0 Å². The summed E-state index contributed by atoms with van der Waals surface area (Å²) in [5.41, 5.74) is 3.17. The van der Waals surface area contributed by atoms with E-state index in [2.05, 4.69) is 15.8 Å². The standard InChI is InChI=1S/C25H24N4O7/c1-34-21-11-7-6-10-19(21)25(31)26-15-24(30)28-27-14-18-12-22(35-2)23(13-20(18)29(32)33)36-16-17-8-4-3-5-9-17/h3-14H,15-16H2,1-2H3,(H,26,31)(H,28,30). The van der Waals surface area contributed by atoms with Gasteiger partial charge >= 0.3 is 0 Å². The summed E-state index contributed by atoms with van der Waals surface area (Å²) >= 11 is 0. The number of carbonyl (C=O) groups is 2. The predicted molar refractivity (Wildman–Crippen MR) is 131 cm³/mol. The fourth-order valence-electron chi connectivity index (χ4n) is 3.14. The highest BCUT2D eigenvalue weighted by atomic mass is 16.6. The summed E-state index contributed by atoms with van der Waals surface area (Å²) in [6.07, 6.45) is 1.11. The third-order valence-corrected chi connectivity index (χ3v) is 4.90. The smallest absolute Gasteiger partial charge is 0.282 e. The lowest BCUT2D eigenvalue weighted by Gasteiger charge is -2.12. The quantitative estimate of drug-likeness (QED) is 0.238. The molecule has 11 heteroatoms. The van der Waals surface area contributed by atoms with Crippen LogP contribution in [0.15, 0.2) is 71.8 Å². The minimum absolute atomic E-state index is 0.0854. The fourth-order valence-corrected chi connectivity index (χ4v) is 3.14. The molecule has 3 aromatic carbocycles. The lowest BCUT2D eigenvalue weighted by molar-refractivity contribution is -0.385. The van der Waals surface area contributed by atoms with Crippen LogP contribution in [0.25, 0.3) is 0 Å². The number of methoxy groups -OCH3 is 2. The van der Waals surface area contributed by atoms with E-state index in [1.807, 2.05) is 30.3 Å². The van der Waals surface area contributed by atoms with Crippen molar-refractivity contribution in [2.75, 3.05) is 20.8 Å². The molecule has 11 nitrogen and oxygen atoms in total. The van der Waals surface area contributed by atoms with Gasteiger partial charge in [0.15, 0.2) is 11.5 Å². The van der Waals surface area contributed by atoms with Crippen LogP contribution in [-0.4, -0.2) is 43.7 Å². The van der Waals surface area contributed by atoms with E-state index in [9.17, 15) is 19.7 Å². The Morgan fingerprint density at radius 2 is 1.67 bits per heavy atom. The summed E-state index contributed by atoms with van der Waals surface area (Å²) in [6, 6.07) is 18.5. The molecule has 186 valence electrons.